The number of benzene rings is 2. The van der Waals surface area contributed by atoms with Crippen LogP contribution in [-0.2, 0) is 15.6 Å². The Morgan fingerprint density at radius 2 is 1.88 bits per heavy atom. The number of nitrogens with one attached hydrogen (secondary N) is 1. The average molecular weight is 395 g/mol. The second-order valence-corrected chi connectivity index (χ2v) is 8.31. The minimum Gasteiger partial charge on any atom is -0.333 e. The molecule has 1 fully saturated rings. The van der Waals surface area contributed by atoms with E-state index in [2.05, 4.69) is 5.32 Å². The van der Waals surface area contributed by atoms with E-state index in [-0.39, 0.29) is 35.0 Å². The van der Waals surface area contributed by atoms with Crippen molar-refractivity contribution in [3.63, 3.8) is 0 Å². The molecule has 3 rings (SSSR count). The van der Waals surface area contributed by atoms with Gasteiger partial charge in [-0.15, -0.1) is 12.4 Å². The van der Waals surface area contributed by atoms with Gasteiger partial charge in [0, 0.05) is 31.2 Å². The van der Waals surface area contributed by atoms with Gasteiger partial charge in [-0.05, 0) is 30.7 Å². The van der Waals surface area contributed by atoms with E-state index >= 15 is 0 Å². The first-order valence-corrected chi connectivity index (χ1v) is 10.0. The average Bonchev–Trinajstić information content (AvgIpc) is 2.62. The molecular formula is C19H23ClN2O3S. The molecule has 0 radical (unpaired) electrons. The molecule has 26 heavy (non-hydrogen) atoms. The number of carbonyl (C=O) groups excluding carboxylic acids is 1. The fourth-order valence-electron chi connectivity index (χ4n) is 3.01. The Morgan fingerprint density at radius 3 is 2.58 bits per heavy atom. The summed E-state index contributed by atoms with van der Waals surface area (Å²) in [6.07, 6.45) is 0. The molecule has 1 amide bonds. The number of nitrogens with zero attached hydrogens (tertiary/aromatic N) is 1. The van der Waals surface area contributed by atoms with E-state index < -0.39 is 9.84 Å². The van der Waals surface area contributed by atoms with Crippen LogP contribution in [0.25, 0.3) is 0 Å². The molecule has 1 saturated heterocycles. The van der Waals surface area contributed by atoms with E-state index in [0.29, 0.717) is 12.1 Å². The molecule has 0 bridgehead atoms. The van der Waals surface area contributed by atoms with E-state index in [9.17, 15) is 13.2 Å². The molecule has 1 N–H and O–H groups in total. The molecule has 0 aliphatic carbocycles. The van der Waals surface area contributed by atoms with Gasteiger partial charge in [0.2, 0.25) is 0 Å². The van der Waals surface area contributed by atoms with Gasteiger partial charge >= 0.3 is 0 Å². The van der Waals surface area contributed by atoms with Gasteiger partial charge in [0.25, 0.3) is 5.91 Å². The van der Waals surface area contributed by atoms with E-state index in [0.717, 1.165) is 18.7 Å². The molecule has 0 unspecified atom stereocenters. The Balaban J connectivity index is 0.00000243. The van der Waals surface area contributed by atoms with Crippen LogP contribution in [0.15, 0.2) is 59.5 Å². The van der Waals surface area contributed by atoms with Gasteiger partial charge in [-0.25, -0.2) is 8.42 Å². The van der Waals surface area contributed by atoms with Crippen molar-refractivity contribution in [2.24, 2.45) is 0 Å². The maximum atomic E-state index is 12.8. The van der Waals surface area contributed by atoms with Crippen molar-refractivity contribution in [3.05, 3.63) is 65.7 Å². The summed E-state index contributed by atoms with van der Waals surface area (Å²) in [5.41, 5.74) is 1.15. The van der Waals surface area contributed by atoms with Crippen LogP contribution >= 0.6 is 12.4 Å². The number of rotatable bonds is 4. The number of amides is 1. The zero-order valence-corrected chi connectivity index (χ0v) is 16.2. The van der Waals surface area contributed by atoms with Gasteiger partial charge in [0.15, 0.2) is 9.84 Å². The smallest absolute Gasteiger partial charge is 0.254 e. The largest absolute Gasteiger partial charge is 0.333 e. The van der Waals surface area contributed by atoms with Gasteiger partial charge in [-0.1, -0.05) is 36.4 Å². The van der Waals surface area contributed by atoms with Crippen LogP contribution < -0.4 is 5.32 Å². The first-order valence-electron chi connectivity index (χ1n) is 8.36. The summed E-state index contributed by atoms with van der Waals surface area (Å²) in [7, 11) is -3.50. The second-order valence-electron chi connectivity index (χ2n) is 6.32. The predicted octanol–water partition coefficient (Wildman–Crippen LogP) is 2.52. The summed E-state index contributed by atoms with van der Waals surface area (Å²) in [5, 5.41) is 3.24. The SMILES string of the molecule is C[C@H]1CNCCN1C(=O)c1cccc(S(=O)(=O)Cc2ccccc2)c1.Cl. The lowest BCUT2D eigenvalue weighted by molar-refractivity contribution is 0.0655. The van der Waals surface area contributed by atoms with Crippen molar-refractivity contribution in [2.45, 2.75) is 23.6 Å². The summed E-state index contributed by atoms with van der Waals surface area (Å²) in [4.78, 5) is 14.7. The van der Waals surface area contributed by atoms with Crippen LogP contribution in [0.1, 0.15) is 22.8 Å². The summed E-state index contributed by atoms with van der Waals surface area (Å²) in [6, 6.07) is 15.5. The number of halogens is 1. The van der Waals surface area contributed by atoms with Crippen LogP contribution in [0.4, 0.5) is 0 Å². The molecule has 1 aliphatic rings. The summed E-state index contributed by atoms with van der Waals surface area (Å²) in [5.74, 6) is -0.194. The second kappa shape index (κ2) is 8.66. The number of sulfone groups is 1. The van der Waals surface area contributed by atoms with Crippen LogP contribution in [-0.4, -0.2) is 44.9 Å². The molecule has 0 aromatic heterocycles. The minimum atomic E-state index is -3.50. The topological polar surface area (TPSA) is 66.5 Å². The molecule has 1 atom stereocenters. The van der Waals surface area contributed by atoms with Gasteiger partial charge in [-0.2, -0.15) is 0 Å². The van der Waals surface area contributed by atoms with E-state index in [1.54, 1.807) is 35.2 Å². The third kappa shape index (κ3) is 4.63. The number of carbonyl (C=O) groups is 1. The van der Waals surface area contributed by atoms with Crippen LogP contribution in [0.2, 0.25) is 0 Å². The molecule has 2 aromatic carbocycles. The predicted molar refractivity (Wildman–Crippen MR) is 104 cm³/mol. The van der Waals surface area contributed by atoms with Gasteiger partial charge in [0.05, 0.1) is 10.6 Å². The highest BCUT2D eigenvalue weighted by Crippen LogP contribution is 2.19. The molecule has 7 heteroatoms. The molecule has 0 spiro atoms. The Hall–Kier alpha value is -1.89. The van der Waals surface area contributed by atoms with Crippen molar-refractivity contribution in [1.82, 2.24) is 10.2 Å². The number of piperazine rings is 1. The monoisotopic (exact) mass is 394 g/mol. The van der Waals surface area contributed by atoms with Gasteiger partial charge in [-0.3, -0.25) is 4.79 Å². The number of hydrogen-bond acceptors (Lipinski definition) is 4. The highest BCUT2D eigenvalue weighted by atomic mass is 35.5. The quantitative estimate of drug-likeness (QED) is 0.865. The zero-order chi connectivity index (χ0) is 17.9. The first-order chi connectivity index (χ1) is 12.0. The fraction of sp³-hybridized carbons (Fsp3) is 0.316. The van der Waals surface area contributed by atoms with Gasteiger partial charge < -0.3 is 10.2 Å². The lowest BCUT2D eigenvalue weighted by atomic mass is 10.1. The van der Waals surface area contributed by atoms with Crippen molar-refractivity contribution >= 4 is 28.2 Å². The molecule has 5 nitrogen and oxygen atoms in total. The van der Waals surface area contributed by atoms with Crippen LogP contribution in [0, 0.1) is 0 Å². The zero-order valence-electron chi connectivity index (χ0n) is 14.6. The maximum absolute atomic E-state index is 12.8. The van der Waals surface area contributed by atoms with E-state index in [1.807, 2.05) is 25.1 Å². The highest BCUT2D eigenvalue weighted by Gasteiger charge is 2.25. The minimum absolute atomic E-state index is 0. The molecule has 2 aromatic rings. The van der Waals surface area contributed by atoms with Crippen LogP contribution in [0.5, 0.6) is 0 Å². The lowest BCUT2D eigenvalue weighted by Crippen LogP contribution is -2.52. The third-order valence-corrected chi connectivity index (χ3v) is 6.09. The normalized spacial score (nSPS) is 17.4. The Kier molecular flexibility index (Phi) is 6.81. The molecular weight excluding hydrogens is 372 g/mol. The molecule has 1 aliphatic heterocycles. The fourth-order valence-corrected chi connectivity index (χ4v) is 4.40. The van der Waals surface area contributed by atoms with E-state index in [4.69, 9.17) is 0 Å². The lowest BCUT2D eigenvalue weighted by Gasteiger charge is -2.34. The Bertz CT molecular complexity index is 856. The van der Waals surface area contributed by atoms with Crippen molar-refractivity contribution in [2.75, 3.05) is 19.6 Å². The Morgan fingerprint density at radius 1 is 1.15 bits per heavy atom. The summed E-state index contributed by atoms with van der Waals surface area (Å²) in [6.45, 7) is 4.11. The number of hydrogen-bond donors (Lipinski definition) is 1. The molecule has 1 heterocycles. The van der Waals surface area contributed by atoms with Crippen molar-refractivity contribution in [3.8, 4) is 0 Å². The standard InChI is InChI=1S/C19H22N2O3S.ClH/c1-15-13-20-10-11-21(15)19(22)17-8-5-9-18(12-17)25(23,24)14-16-6-3-2-4-7-16;/h2-9,12,15,20H,10-11,13-14H2,1H3;1H/t15-;/m0./s1. The molecule has 0 saturated carbocycles. The van der Waals surface area contributed by atoms with Crippen molar-refractivity contribution < 1.29 is 13.2 Å². The first kappa shape index (κ1) is 20.4. The summed E-state index contributed by atoms with van der Waals surface area (Å²) >= 11 is 0. The maximum Gasteiger partial charge on any atom is 0.254 e. The van der Waals surface area contributed by atoms with Gasteiger partial charge in [0.1, 0.15) is 0 Å². The van der Waals surface area contributed by atoms with Crippen LogP contribution in [0.3, 0.4) is 0 Å². The molecule has 140 valence electrons. The third-order valence-electron chi connectivity index (χ3n) is 4.40. The summed E-state index contributed by atoms with van der Waals surface area (Å²) < 4.78 is 25.4. The Labute approximate surface area is 160 Å². The highest BCUT2D eigenvalue weighted by molar-refractivity contribution is 7.90. The van der Waals surface area contributed by atoms with E-state index in [1.165, 1.54) is 6.07 Å². The van der Waals surface area contributed by atoms with Crippen molar-refractivity contribution in [1.29, 1.82) is 0 Å².